The Morgan fingerprint density at radius 3 is 2.50 bits per heavy atom. The lowest BCUT2D eigenvalue weighted by atomic mass is 9.90. The summed E-state index contributed by atoms with van der Waals surface area (Å²) in [4.78, 5) is 15.1. The molecule has 184 valence electrons. The quantitative estimate of drug-likeness (QED) is 0.406. The third-order valence-electron chi connectivity index (χ3n) is 7.55. The molecule has 3 aliphatic rings. The Labute approximate surface area is 212 Å². The van der Waals surface area contributed by atoms with Crippen LogP contribution in [0, 0.1) is 0 Å². The normalized spacial score (nSPS) is 20.5. The molecule has 0 bridgehead atoms. The summed E-state index contributed by atoms with van der Waals surface area (Å²) in [5, 5.41) is 9.29. The van der Waals surface area contributed by atoms with Crippen LogP contribution in [0.25, 0.3) is 11.1 Å². The Balaban J connectivity index is 1.24. The average molecular weight is 482 g/mol. The van der Waals surface area contributed by atoms with E-state index in [0.717, 1.165) is 43.5 Å². The van der Waals surface area contributed by atoms with Gasteiger partial charge in [0.15, 0.2) is 5.76 Å². The number of amides is 1. The van der Waals surface area contributed by atoms with Crippen molar-refractivity contribution in [2.24, 2.45) is 0 Å². The summed E-state index contributed by atoms with van der Waals surface area (Å²) < 4.78 is 12.3. The minimum absolute atomic E-state index is 0.0210. The molecular weight excluding hydrogens is 450 g/mol. The molecule has 2 atom stereocenters. The number of carbonyl (C=O) groups is 1. The number of carbonyl (C=O) groups excluding carboxylic acids is 1. The zero-order valence-electron chi connectivity index (χ0n) is 20.4. The molecule has 3 aromatic carbocycles. The van der Waals surface area contributed by atoms with E-state index in [1.807, 2.05) is 35.2 Å². The van der Waals surface area contributed by atoms with E-state index in [2.05, 4.69) is 42.5 Å². The number of aliphatic hydroxyl groups excluding tert-OH is 1. The fourth-order valence-electron chi connectivity index (χ4n) is 5.54. The first kappa shape index (κ1) is 23.0. The Morgan fingerprint density at radius 1 is 0.944 bits per heavy atom. The van der Waals surface area contributed by atoms with E-state index >= 15 is 0 Å². The van der Waals surface area contributed by atoms with E-state index in [-0.39, 0.29) is 18.4 Å². The van der Waals surface area contributed by atoms with Crippen LogP contribution in [-0.2, 0) is 33.9 Å². The molecule has 0 unspecified atom stereocenters. The van der Waals surface area contributed by atoms with E-state index < -0.39 is 6.29 Å². The zero-order valence-corrected chi connectivity index (χ0v) is 20.4. The largest absolute Gasteiger partial charge is 0.459 e. The second kappa shape index (κ2) is 9.92. The summed E-state index contributed by atoms with van der Waals surface area (Å²) in [6.45, 7) is 1.97. The number of allylic oxidation sites excluding steroid dienone is 1. The minimum Gasteiger partial charge on any atom is -0.459 e. The predicted molar refractivity (Wildman–Crippen MR) is 138 cm³/mol. The van der Waals surface area contributed by atoms with Gasteiger partial charge in [-0.05, 0) is 64.3 Å². The molecule has 0 radical (unpaired) electrons. The van der Waals surface area contributed by atoms with Crippen molar-refractivity contribution >= 4 is 5.91 Å². The highest BCUT2D eigenvalue weighted by molar-refractivity contribution is 5.92. The van der Waals surface area contributed by atoms with Crippen LogP contribution in [0.3, 0.4) is 0 Å². The van der Waals surface area contributed by atoms with Crippen LogP contribution in [-0.4, -0.2) is 35.3 Å². The molecule has 0 spiro atoms. The Kier molecular flexibility index (Phi) is 6.34. The van der Waals surface area contributed by atoms with Crippen LogP contribution in [0.15, 0.2) is 78.6 Å². The van der Waals surface area contributed by atoms with Crippen molar-refractivity contribution in [3.05, 3.63) is 106 Å². The van der Waals surface area contributed by atoms with Gasteiger partial charge in [0, 0.05) is 25.4 Å². The van der Waals surface area contributed by atoms with Gasteiger partial charge in [0.05, 0.1) is 13.2 Å². The first-order valence-corrected chi connectivity index (χ1v) is 12.9. The van der Waals surface area contributed by atoms with Gasteiger partial charge in [-0.1, -0.05) is 66.7 Å². The van der Waals surface area contributed by atoms with Gasteiger partial charge in [0.2, 0.25) is 6.29 Å². The van der Waals surface area contributed by atoms with Crippen molar-refractivity contribution in [1.82, 2.24) is 4.90 Å². The number of nitrogens with zero attached hydrogens (tertiary/aromatic N) is 1. The fourth-order valence-corrected chi connectivity index (χ4v) is 5.54. The highest BCUT2D eigenvalue weighted by atomic mass is 16.7. The van der Waals surface area contributed by atoms with E-state index in [1.165, 1.54) is 27.8 Å². The van der Waals surface area contributed by atoms with Crippen LogP contribution in [0.1, 0.15) is 53.0 Å². The average Bonchev–Trinajstić information content (AvgIpc) is 3.59. The first-order chi connectivity index (χ1) is 17.7. The molecule has 2 aliphatic heterocycles. The van der Waals surface area contributed by atoms with E-state index in [9.17, 15) is 9.90 Å². The molecule has 1 aliphatic carbocycles. The monoisotopic (exact) mass is 481 g/mol. The Bertz CT molecular complexity index is 1290. The number of hydrogen-bond donors (Lipinski definition) is 1. The molecule has 0 saturated carbocycles. The van der Waals surface area contributed by atoms with Crippen LogP contribution in [0.5, 0.6) is 0 Å². The third-order valence-corrected chi connectivity index (χ3v) is 7.55. The van der Waals surface area contributed by atoms with Crippen molar-refractivity contribution < 1.29 is 19.4 Å². The molecule has 6 rings (SSSR count). The topological polar surface area (TPSA) is 59.0 Å². The van der Waals surface area contributed by atoms with Crippen molar-refractivity contribution in [3.8, 4) is 11.1 Å². The van der Waals surface area contributed by atoms with Crippen molar-refractivity contribution in [2.75, 3.05) is 13.1 Å². The highest BCUT2D eigenvalue weighted by Gasteiger charge is 2.32. The van der Waals surface area contributed by atoms with Crippen molar-refractivity contribution in [1.29, 1.82) is 0 Å². The third kappa shape index (κ3) is 4.57. The molecule has 1 N–H and O–H groups in total. The maximum absolute atomic E-state index is 13.3. The smallest absolute Gasteiger partial charge is 0.288 e. The van der Waals surface area contributed by atoms with Gasteiger partial charge in [-0.25, -0.2) is 0 Å². The summed E-state index contributed by atoms with van der Waals surface area (Å²) >= 11 is 0. The maximum atomic E-state index is 13.3. The van der Waals surface area contributed by atoms with Gasteiger partial charge in [-0.3, -0.25) is 4.79 Å². The van der Waals surface area contributed by atoms with Gasteiger partial charge >= 0.3 is 0 Å². The molecule has 2 heterocycles. The van der Waals surface area contributed by atoms with Gasteiger partial charge in [0.1, 0.15) is 0 Å². The lowest BCUT2D eigenvalue weighted by Crippen LogP contribution is -2.34. The van der Waals surface area contributed by atoms with E-state index in [1.54, 1.807) is 0 Å². The summed E-state index contributed by atoms with van der Waals surface area (Å²) in [5.41, 5.74) is 8.39. The summed E-state index contributed by atoms with van der Waals surface area (Å²) in [5.74, 6) is 0.403. The molecule has 0 aromatic heterocycles. The van der Waals surface area contributed by atoms with Crippen LogP contribution < -0.4 is 0 Å². The maximum Gasteiger partial charge on any atom is 0.288 e. The van der Waals surface area contributed by atoms with Crippen molar-refractivity contribution in [2.45, 2.75) is 51.1 Å². The number of ether oxygens (including phenoxy) is 2. The second-order valence-corrected chi connectivity index (χ2v) is 9.96. The molecule has 1 amide bonds. The minimum atomic E-state index is -0.510. The molecule has 5 heteroatoms. The van der Waals surface area contributed by atoms with Crippen LogP contribution >= 0.6 is 0 Å². The van der Waals surface area contributed by atoms with Crippen LogP contribution in [0.2, 0.25) is 0 Å². The number of aliphatic hydroxyl groups is 1. The number of rotatable bonds is 6. The van der Waals surface area contributed by atoms with E-state index in [4.69, 9.17) is 9.47 Å². The number of hydrogen-bond acceptors (Lipinski definition) is 4. The van der Waals surface area contributed by atoms with Crippen molar-refractivity contribution in [3.63, 3.8) is 0 Å². The standard InChI is InChI=1S/C31H31NO4/c33-19-21-7-9-22(10-8-21)20-35-30-18-25(17-29(36-30)31(34)32-13-3-4-14-32)23-11-12-28-26(15-23)16-24-5-1-2-6-27(24)28/h1-2,5-12,15,17,25,30,33H,3-4,13-14,16,18-20H2/t25-,30+/m1/s1. The van der Waals surface area contributed by atoms with Gasteiger partial charge in [0.25, 0.3) is 5.91 Å². The number of likely N-dealkylation sites (tertiary alicyclic amines) is 1. The molecule has 3 aromatic rings. The number of benzene rings is 3. The fraction of sp³-hybridized carbons (Fsp3) is 0.323. The van der Waals surface area contributed by atoms with Crippen LogP contribution in [0.4, 0.5) is 0 Å². The molecule has 36 heavy (non-hydrogen) atoms. The summed E-state index contributed by atoms with van der Waals surface area (Å²) in [6.07, 6.45) is 5.16. The number of fused-ring (bicyclic) bond motifs is 3. The highest BCUT2D eigenvalue weighted by Crippen LogP contribution is 2.40. The lowest BCUT2D eigenvalue weighted by molar-refractivity contribution is -0.155. The Hall–Kier alpha value is -3.41. The summed E-state index contributed by atoms with van der Waals surface area (Å²) in [7, 11) is 0. The second-order valence-electron chi connectivity index (χ2n) is 9.96. The zero-order chi connectivity index (χ0) is 24.5. The van der Waals surface area contributed by atoms with Gasteiger partial charge < -0.3 is 19.5 Å². The summed E-state index contributed by atoms with van der Waals surface area (Å²) in [6, 6.07) is 23.0. The van der Waals surface area contributed by atoms with Gasteiger partial charge in [-0.2, -0.15) is 0 Å². The van der Waals surface area contributed by atoms with E-state index in [0.29, 0.717) is 18.8 Å². The molecule has 1 saturated heterocycles. The Morgan fingerprint density at radius 2 is 1.69 bits per heavy atom. The molecule has 1 fully saturated rings. The predicted octanol–water partition coefficient (Wildman–Crippen LogP) is 5.30. The SMILES string of the molecule is O=C(C1=C[C@@H](c2ccc3c(c2)Cc2ccccc2-3)C[C@@H](OCc2ccc(CO)cc2)O1)N1CCCC1. The molecular formula is C31H31NO4. The first-order valence-electron chi connectivity index (χ1n) is 12.9. The molecule has 5 nitrogen and oxygen atoms in total. The lowest BCUT2D eigenvalue weighted by Gasteiger charge is -2.31. The van der Waals surface area contributed by atoms with Gasteiger partial charge in [-0.15, -0.1) is 0 Å².